The maximum atomic E-state index is 10.6. The van der Waals surface area contributed by atoms with Crippen LogP contribution in [0, 0.1) is 0 Å². The number of aliphatic hydroxyl groups is 10. The minimum Gasteiger partial charge on any atom is -0.394 e. The van der Waals surface area contributed by atoms with E-state index in [2.05, 4.69) is 0 Å². The van der Waals surface area contributed by atoms with E-state index in [1.807, 2.05) is 0 Å². The number of hydrogen-bond donors (Lipinski definition) is 10. The Labute approximate surface area is 187 Å². The lowest BCUT2D eigenvalue weighted by molar-refractivity contribution is -0.390. The molecule has 7 unspecified atom stereocenters. The predicted molar refractivity (Wildman–Crippen MR) is 99.9 cm³/mol. The Morgan fingerprint density at radius 1 is 0.667 bits per heavy atom. The average Bonchev–Trinajstić information content (AvgIpc) is 3.14. The van der Waals surface area contributed by atoms with Crippen LogP contribution in [0.2, 0.25) is 0 Å². The van der Waals surface area contributed by atoms with Crippen LogP contribution in [0.5, 0.6) is 0 Å². The SMILES string of the molecule is OCC1O[C@@H](O[C@@H]2C(CO)O[C@H](O[C@@]3(CO)CC(O)[C@H](CO)O3)C(O)C2O)C(O)C(O)[C@H]1O. The van der Waals surface area contributed by atoms with Gasteiger partial charge in [-0.3, -0.25) is 0 Å². The summed E-state index contributed by atoms with van der Waals surface area (Å²) in [5, 5.41) is 99.0. The summed E-state index contributed by atoms with van der Waals surface area (Å²) in [5.41, 5.74) is 0. The van der Waals surface area contributed by atoms with Gasteiger partial charge >= 0.3 is 0 Å². The van der Waals surface area contributed by atoms with Crippen molar-refractivity contribution in [3.63, 3.8) is 0 Å². The maximum Gasteiger partial charge on any atom is 0.197 e. The van der Waals surface area contributed by atoms with Crippen LogP contribution in [0.25, 0.3) is 0 Å². The monoisotopic (exact) mass is 488 g/mol. The highest BCUT2D eigenvalue weighted by molar-refractivity contribution is 4.95. The Morgan fingerprint density at radius 2 is 1.24 bits per heavy atom. The minimum atomic E-state index is -1.87. The molecule has 13 atom stereocenters. The highest BCUT2D eigenvalue weighted by Crippen LogP contribution is 2.36. The van der Waals surface area contributed by atoms with E-state index in [0.29, 0.717) is 0 Å². The first-order valence-electron chi connectivity index (χ1n) is 10.4. The minimum absolute atomic E-state index is 0.286. The zero-order valence-electron chi connectivity index (χ0n) is 17.5. The predicted octanol–water partition coefficient (Wildman–Crippen LogP) is -6.54. The summed E-state index contributed by atoms with van der Waals surface area (Å²) in [5.74, 6) is -1.87. The third kappa shape index (κ3) is 5.32. The summed E-state index contributed by atoms with van der Waals surface area (Å²) < 4.78 is 27.0. The molecule has 0 radical (unpaired) electrons. The van der Waals surface area contributed by atoms with Crippen molar-refractivity contribution in [1.82, 2.24) is 0 Å². The molecular weight excluding hydrogens is 456 g/mol. The Morgan fingerprint density at radius 3 is 1.79 bits per heavy atom. The van der Waals surface area contributed by atoms with E-state index in [1.54, 1.807) is 0 Å². The standard InChI is InChI=1S/C18H32O15/c19-2-7-6(23)1-18(5-22,32-7)33-17-14(28)12(26)15(9(4-21)30-17)31-16-13(27)11(25)10(24)8(3-20)29-16/h6-17,19-28H,1-5H2/t6?,7-,8?,9?,10-,11?,12?,13?,14?,15+,16-,17+,18+/m0/s1. The van der Waals surface area contributed by atoms with Crippen LogP contribution in [0.15, 0.2) is 0 Å². The van der Waals surface area contributed by atoms with Crippen LogP contribution < -0.4 is 0 Å². The summed E-state index contributed by atoms with van der Waals surface area (Å²) in [7, 11) is 0. The van der Waals surface area contributed by atoms with Crippen molar-refractivity contribution in [2.24, 2.45) is 0 Å². The number of ether oxygens (including phenoxy) is 5. The molecule has 0 aromatic carbocycles. The lowest BCUT2D eigenvalue weighted by Crippen LogP contribution is -2.65. The molecule has 0 spiro atoms. The van der Waals surface area contributed by atoms with Crippen LogP contribution in [-0.2, 0) is 23.7 Å². The molecule has 0 aliphatic carbocycles. The molecule has 194 valence electrons. The fraction of sp³-hybridized carbons (Fsp3) is 1.00. The highest BCUT2D eigenvalue weighted by atomic mass is 16.8. The molecule has 0 saturated carbocycles. The molecule has 3 heterocycles. The van der Waals surface area contributed by atoms with Gasteiger partial charge in [-0.2, -0.15) is 0 Å². The zero-order chi connectivity index (χ0) is 24.5. The molecular formula is C18H32O15. The van der Waals surface area contributed by atoms with E-state index >= 15 is 0 Å². The van der Waals surface area contributed by atoms with Crippen molar-refractivity contribution < 1.29 is 74.7 Å². The Hall–Kier alpha value is -0.600. The largest absolute Gasteiger partial charge is 0.394 e. The van der Waals surface area contributed by atoms with Crippen LogP contribution in [0.1, 0.15) is 6.42 Å². The van der Waals surface area contributed by atoms with E-state index in [1.165, 1.54) is 0 Å². The van der Waals surface area contributed by atoms with Crippen molar-refractivity contribution in [3.05, 3.63) is 0 Å². The van der Waals surface area contributed by atoms with Crippen LogP contribution >= 0.6 is 0 Å². The third-order valence-electron chi connectivity index (χ3n) is 6.03. The average molecular weight is 488 g/mol. The summed E-state index contributed by atoms with van der Waals surface area (Å²) >= 11 is 0. The quantitative estimate of drug-likeness (QED) is 0.152. The van der Waals surface area contributed by atoms with E-state index in [9.17, 15) is 51.1 Å². The van der Waals surface area contributed by atoms with E-state index in [4.69, 9.17) is 23.7 Å². The molecule has 10 N–H and O–H groups in total. The Balaban J connectivity index is 1.71. The third-order valence-corrected chi connectivity index (χ3v) is 6.03. The van der Waals surface area contributed by atoms with Gasteiger partial charge in [0.15, 0.2) is 18.4 Å². The van der Waals surface area contributed by atoms with Gasteiger partial charge in [0, 0.05) is 6.42 Å². The fourth-order valence-electron chi connectivity index (χ4n) is 4.09. The molecule has 3 fully saturated rings. The smallest absolute Gasteiger partial charge is 0.197 e. The highest BCUT2D eigenvalue weighted by Gasteiger charge is 2.54. The lowest BCUT2D eigenvalue weighted by atomic mass is 9.97. The van der Waals surface area contributed by atoms with Gasteiger partial charge in [0.05, 0.1) is 32.5 Å². The first kappa shape index (κ1) is 27.0. The second-order valence-corrected chi connectivity index (χ2v) is 8.30. The maximum absolute atomic E-state index is 10.6. The first-order chi connectivity index (χ1) is 15.6. The number of hydrogen-bond acceptors (Lipinski definition) is 15. The second kappa shape index (κ2) is 11.0. The molecule has 15 nitrogen and oxygen atoms in total. The number of rotatable bonds is 8. The summed E-state index contributed by atoms with van der Waals surface area (Å²) in [6.07, 6.45) is -19.0. The van der Waals surface area contributed by atoms with E-state index < -0.39 is 106 Å². The number of aliphatic hydroxyl groups excluding tert-OH is 10. The molecule has 0 amide bonds. The molecule has 0 aromatic rings. The fourth-order valence-corrected chi connectivity index (χ4v) is 4.09. The molecule has 0 bridgehead atoms. The van der Waals surface area contributed by atoms with Gasteiger partial charge in [0.2, 0.25) is 0 Å². The summed E-state index contributed by atoms with van der Waals surface area (Å²) in [6.45, 7) is -2.86. The van der Waals surface area contributed by atoms with Gasteiger partial charge < -0.3 is 74.7 Å². The van der Waals surface area contributed by atoms with E-state index in [-0.39, 0.29) is 6.42 Å². The lowest BCUT2D eigenvalue weighted by Gasteiger charge is -2.47. The van der Waals surface area contributed by atoms with Crippen molar-refractivity contribution >= 4 is 0 Å². The van der Waals surface area contributed by atoms with Crippen molar-refractivity contribution in [2.45, 2.75) is 85.8 Å². The van der Waals surface area contributed by atoms with Gasteiger partial charge in [-0.05, 0) is 0 Å². The summed E-state index contributed by atoms with van der Waals surface area (Å²) in [4.78, 5) is 0. The van der Waals surface area contributed by atoms with Gasteiger partial charge in [-0.15, -0.1) is 0 Å². The van der Waals surface area contributed by atoms with Crippen molar-refractivity contribution in [1.29, 1.82) is 0 Å². The van der Waals surface area contributed by atoms with Crippen molar-refractivity contribution in [3.8, 4) is 0 Å². The molecule has 3 rings (SSSR count). The van der Waals surface area contributed by atoms with Gasteiger partial charge in [0.1, 0.15) is 54.9 Å². The van der Waals surface area contributed by atoms with E-state index in [0.717, 1.165) is 0 Å². The summed E-state index contributed by atoms with van der Waals surface area (Å²) in [6, 6.07) is 0. The van der Waals surface area contributed by atoms with Crippen LogP contribution in [0.4, 0.5) is 0 Å². The molecule has 3 saturated heterocycles. The molecule has 15 heteroatoms. The van der Waals surface area contributed by atoms with Crippen LogP contribution in [0.3, 0.4) is 0 Å². The molecule has 3 aliphatic rings. The second-order valence-electron chi connectivity index (χ2n) is 8.30. The Kier molecular flexibility index (Phi) is 8.99. The normalized spacial score (nSPS) is 51.1. The van der Waals surface area contributed by atoms with Gasteiger partial charge in [-0.1, -0.05) is 0 Å². The van der Waals surface area contributed by atoms with Gasteiger partial charge in [0.25, 0.3) is 0 Å². The molecule has 33 heavy (non-hydrogen) atoms. The zero-order valence-corrected chi connectivity index (χ0v) is 17.5. The van der Waals surface area contributed by atoms with Crippen LogP contribution in [-0.4, -0.2) is 157 Å². The molecule has 0 aromatic heterocycles. The van der Waals surface area contributed by atoms with Crippen molar-refractivity contribution in [2.75, 3.05) is 26.4 Å². The first-order valence-corrected chi connectivity index (χ1v) is 10.4. The topological polar surface area (TPSA) is 248 Å². The van der Waals surface area contributed by atoms with Gasteiger partial charge in [-0.25, -0.2) is 0 Å². The Bertz CT molecular complexity index is 622. The molecule has 3 aliphatic heterocycles.